The van der Waals surface area contributed by atoms with Crippen molar-refractivity contribution in [2.75, 3.05) is 26.3 Å². The van der Waals surface area contributed by atoms with Crippen molar-refractivity contribution in [1.82, 2.24) is 5.32 Å². The van der Waals surface area contributed by atoms with Crippen LogP contribution in [0.25, 0.3) is 0 Å². The third-order valence-electron chi connectivity index (χ3n) is 4.23. The lowest BCUT2D eigenvalue weighted by Crippen LogP contribution is -2.57. The number of ether oxygens (including phenoxy) is 2. The molecule has 2 unspecified atom stereocenters. The first-order valence-electron chi connectivity index (χ1n) is 7.83. The van der Waals surface area contributed by atoms with Crippen molar-refractivity contribution in [2.24, 2.45) is 5.92 Å². The quantitative estimate of drug-likeness (QED) is 0.841. The maximum Gasteiger partial charge on any atom is 0.122 e. The standard InChI is InChI=1S/C17H27NO3.ClH/c1-4-20-15-8-6-5-7-14(15)11-17(19,13(2)3)16-12-18-9-10-21-16;/h5-8,13,16,18-19H,4,9-12H2,1-3H3;1H. The summed E-state index contributed by atoms with van der Waals surface area (Å²) in [6, 6.07) is 7.92. The van der Waals surface area contributed by atoms with Gasteiger partial charge in [0.15, 0.2) is 0 Å². The van der Waals surface area contributed by atoms with Gasteiger partial charge in [-0.05, 0) is 24.5 Å². The van der Waals surface area contributed by atoms with E-state index in [1.807, 2.05) is 45.0 Å². The molecule has 0 amide bonds. The summed E-state index contributed by atoms with van der Waals surface area (Å²) in [4.78, 5) is 0. The van der Waals surface area contributed by atoms with Crippen LogP contribution in [0.1, 0.15) is 26.3 Å². The minimum atomic E-state index is -0.902. The molecule has 126 valence electrons. The summed E-state index contributed by atoms with van der Waals surface area (Å²) < 4.78 is 11.5. The van der Waals surface area contributed by atoms with Crippen molar-refractivity contribution in [3.8, 4) is 5.75 Å². The van der Waals surface area contributed by atoms with E-state index in [1.54, 1.807) is 0 Å². The first-order valence-corrected chi connectivity index (χ1v) is 7.83. The highest BCUT2D eigenvalue weighted by Crippen LogP contribution is 2.32. The van der Waals surface area contributed by atoms with Gasteiger partial charge in [0.05, 0.1) is 24.9 Å². The minimum Gasteiger partial charge on any atom is -0.494 e. The number of nitrogens with one attached hydrogen (secondary N) is 1. The highest BCUT2D eigenvalue weighted by atomic mass is 35.5. The molecule has 0 spiro atoms. The fourth-order valence-electron chi connectivity index (χ4n) is 2.83. The molecule has 0 aliphatic carbocycles. The van der Waals surface area contributed by atoms with Gasteiger partial charge in [0.25, 0.3) is 0 Å². The molecule has 22 heavy (non-hydrogen) atoms. The van der Waals surface area contributed by atoms with Gasteiger partial charge >= 0.3 is 0 Å². The Morgan fingerprint density at radius 2 is 2.14 bits per heavy atom. The van der Waals surface area contributed by atoms with Crippen molar-refractivity contribution in [2.45, 2.75) is 38.9 Å². The Morgan fingerprint density at radius 1 is 1.41 bits per heavy atom. The molecule has 0 bridgehead atoms. The Morgan fingerprint density at radius 3 is 2.73 bits per heavy atom. The molecule has 1 fully saturated rings. The molecular weight excluding hydrogens is 302 g/mol. The molecule has 2 atom stereocenters. The second-order valence-corrected chi connectivity index (χ2v) is 5.93. The monoisotopic (exact) mass is 329 g/mol. The maximum atomic E-state index is 11.2. The largest absolute Gasteiger partial charge is 0.494 e. The molecule has 1 aliphatic rings. The lowest BCUT2D eigenvalue weighted by Gasteiger charge is -2.41. The zero-order valence-corrected chi connectivity index (χ0v) is 14.5. The van der Waals surface area contributed by atoms with Gasteiger partial charge in [-0.25, -0.2) is 0 Å². The number of rotatable bonds is 6. The van der Waals surface area contributed by atoms with Gasteiger partial charge in [-0.2, -0.15) is 0 Å². The van der Waals surface area contributed by atoms with Crippen LogP contribution in [0.15, 0.2) is 24.3 Å². The normalized spacial score (nSPS) is 21.0. The van der Waals surface area contributed by atoms with Crippen LogP contribution in [0.5, 0.6) is 5.75 Å². The van der Waals surface area contributed by atoms with E-state index >= 15 is 0 Å². The Bertz CT molecular complexity index is 449. The van der Waals surface area contributed by atoms with E-state index in [2.05, 4.69) is 5.32 Å². The first kappa shape index (κ1) is 19.2. The van der Waals surface area contributed by atoms with Gasteiger partial charge in [-0.15, -0.1) is 12.4 Å². The van der Waals surface area contributed by atoms with Gasteiger partial charge in [0, 0.05) is 19.5 Å². The Hall–Kier alpha value is -0.810. The number of para-hydroxylation sites is 1. The third-order valence-corrected chi connectivity index (χ3v) is 4.23. The third kappa shape index (κ3) is 4.35. The zero-order valence-electron chi connectivity index (χ0n) is 13.7. The van der Waals surface area contributed by atoms with E-state index in [1.165, 1.54) is 0 Å². The molecule has 4 nitrogen and oxygen atoms in total. The van der Waals surface area contributed by atoms with Crippen LogP contribution >= 0.6 is 12.4 Å². The molecule has 0 saturated carbocycles. The predicted molar refractivity (Wildman–Crippen MR) is 91.0 cm³/mol. The SMILES string of the molecule is CCOc1ccccc1CC(O)(C(C)C)C1CNCCO1.Cl. The molecule has 1 aromatic rings. The van der Waals surface area contributed by atoms with Crippen LogP contribution in [-0.2, 0) is 11.2 Å². The molecule has 5 heteroatoms. The van der Waals surface area contributed by atoms with Gasteiger partial charge < -0.3 is 19.9 Å². The summed E-state index contributed by atoms with van der Waals surface area (Å²) in [6.45, 7) is 8.86. The summed E-state index contributed by atoms with van der Waals surface area (Å²) in [6.07, 6.45) is 0.341. The highest BCUT2D eigenvalue weighted by Gasteiger charge is 2.42. The molecule has 0 aromatic heterocycles. The number of morpholine rings is 1. The van der Waals surface area contributed by atoms with Crippen LogP contribution in [0, 0.1) is 5.92 Å². The Balaban J connectivity index is 0.00000242. The molecule has 2 rings (SSSR count). The van der Waals surface area contributed by atoms with Crippen molar-refractivity contribution in [3.05, 3.63) is 29.8 Å². The van der Waals surface area contributed by atoms with Crippen LogP contribution in [-0.4, -0.2) is 43.1 Å². The van der Waals surface area contributed by atoms with Crippen molar-refractivity contribution in [3.63, 3.8) is 0 Å². The van der Waals surface area contributed by atoms with Gasteiger partial charge in [0.2, 0.25) is 0 Å². The first-order chi connectivity index (χ1) is 10.1. The zero-order chi connectivity index (χ0) is 15.3. The summed E-state index contributed by atoms with van der Waals surface area (Å²) in [5.41, 5.74) is 0.130. The highest BCUT2D eigenvalue weighted by molar-refractivity contribution is 5.85. The smallest absolute Gasteiger partial charge is 0.122 e. The number of hydrogen-bond acceptors (Lipinski definition) is 4. The minimum absolute atomic E-state index is 0. The average Bonchev–Trinajstić information content (AvgIpc) is 2.50. The molecule has 2 N–H and O–H groups in total. The summed E-state index contributed by atoms with van der Waals surface area (Å²) in [5, 5.41) is 14.5. The topological polar surface area (TPSA) is 50.7 Å². The van der Waals surface area contributed by atoms with Crippen LogP contribution in [0.2, 0.25) is 0 Å². The van der Waals surface area contributed by atoms with E-state index < -0.39 is 5.60 Å². The summed E-state index contributed by atoms with van der Waals surface area (Å²) >= 11 is 0. The average molecular weight is 330 g/mol. The van der Waals surface area contributed by atoms with E-state index in [0.29, 0.717) is 26.2 Å². The van der Waals surface area contributed by atoms with Gasteiger partial charge in [-0.1, -0.05) is 32.0 Å². The van der Waals surface area contributed by atoms with Crippen molar-refractivity contribution < 1.29 is 14.6 Å². The second kappa shape index (κ2) is 8.73. The Labute approximate surface area is 139 Å². The van der Waals surface area contributed by atoms with E-state index in [4.69, 9.17) is 9.47 Å². The van der Waals surface area contributed by atoms with E-state index in [0.717, 1.165) is 17.9 Å². The van der Waals surface area contributed by atoms with Gasteiger partial charge in [-0.3, -0.25) is 0 Å². The molecule has 1 aliphatic heterocycles. The molecule has 0 radical (unpaired) electrons. The molecule has 1 aromatic carbocycles. The van der Waals surface area contributed by atoms with E-state index in [9.17, 15) is 5.11 Å². The number of benzene rings is 1. The van der Waals surface area contributed by atoms with Crippen molar-refractivity contribution >= 4 is 12.4 Å². The van der Waals surface area contributed by atoms with Gasteiger partial charge in [0.1, 0.15) is 5.75 Å². The Kier molecular flexibility index (Phi) is 7.63. The van der Waals surface area contributed by atoms with Crippen LogP contribution < -0.4 is 10.1 Å². The summed E-state index contributed by atoms with van der Waals surface area (Å²) in [7, 11) is 0. The number of halogens is 1. The number of hydrogen-bond donors (Lipinski definition) is 2. The lowest BCUT2D eigenvalue weighted by molar-refractivity contribution is -0.141. The maximum absolute atomic E-state index is 11.2. The number of aliphatic hydroxyl groups is 1. The summed E-state index contributed by atoms with van der Waals surface area (Å²) in [5.74, 6) is 0.944. The predicted octanol–water partition coefficient (Wildman–Crippen LogP) is 2.43. The second-order valence-electron chi connectivity index (χ2n) is 5.93. The fourth-order valence-corrected chi connectivity index (χ4v) is 2.83. The fraction of sp³-hybridized carbons (Fsp3) is 0.647. The molecule has 1 saturated heterocycles. The van der Waals surface area contributed by atoms with Crippen LogP contribution in [0.4, 0.5) is 0 Å². The van der Waals surface area contributed by atoms with Crippen LogP contribution in [0.3, 0.4) is 0 Å². The molecular formula is C17H28ClNO3. The van der Waals surface area contributed by atoms with E-state index in [-0.39, 0.29) is 24.4 Å². The molecule has 1 heterocycles. The van der Waals surface area contributed by atoms with Crippen molar-refractivity contribution in [1.29, 1.82) is 0 Å². The lowest BCUT2D eigenvalue weighted by atomic mass is 9.79.